The lowest BCUT2D eigenvalue weighted by Gasteiger charge is -2.29. The number of carbonyl (C=O) groups is 1. The van der Waals surface area contributed by atoms with Crippen molar-refractivity contribution in [3.8, 4) is 0 Å². The van der Waals surface area contributed by atoms with E-state index in [-0.39, 0.29) is 5.91 Å². The summed E-state index contributed by atoms with van der Waals surface area (Å²) in [5.41, 5.74) is 2.51. The number of aromatic nitrogens is 2. The average molecular weight is 271 g/mol. The van der Waals surface area contributed by atoms with E-state index in [9.17, 15) is 4.79 Å². The zero-order valence-electron chi connectivity index (χ0n) is 11.9. The Morgan fingerprint density at radius 2 is 2.35 bits per heavy atom. The summed E-state index contributed by atoms with van der Waals surface area (Å²) < 4.78 is 0. The Bertz CT molecular complexity index is 605. The number of imidazole rings is 1. The van der Waals surface area contributed by atoms with Gasteiger partial charge in [-0.2, -0.15) is 0 Å². The summed E-state index contributed by atoms with van der Waals surface area (Å²) in [6, 6.07) is 5.94. The molecule has 0 saturated heterocycles. The predicted molar refractivity (Wildman–Crippen MR) is 79.6 cm³/mol. The van der Waals surface area contributed by atoms with Gasteiger partial charge in [0, 0.05) is 11.6 Å². The van der Waals surface area contributed by atoms with Crippen LogP contribution in [-0.2, 0) is 0 Å². The van der Waals surface area contributed by atoms with Crippen LogP contribution in [0.1, 0.15) is 49.4 Å². The van der Waals surface area contributed by atoms with Crippen molar-refractivity contribution >= 4 is 16.9 Å². The van der Waals surface area contributed by atoms with Crippen LogP contribution in [0.3, 0.4) is 0 Å². The van der Waals surface area contributed by atoms with Gasteiger partial charge in [-0.05, 0) is 37.0 Å². The van der Waals surface area contributed by atoms with Crippen LogP contribution in [0.5, 0.6) is 0 Å². The van der Waals surface area contributed by atoms with Crippen LogP contribution in [0.2, 0.25) is 0 Å². The fourth-order valence-corrected chi connectivity index (χ4v) is 3.14. The van der Waals surface area contributed by atoms with Gasteiger partial charge >= 0.3 is 0 Å². The monoisotopic (exact) mass is 271 g/mol. The number of hydrogen-bond acceptors (Lipinski definition) is 2. The summed E-state index contributed by atoms with van der Waals surface area (Å²) in [7, 11) is 0. The molecule has 1 amide bonds. The van der Waals surface area contributed by atoms with Crippen molar-refractivity contribution in [3.63, 3.8) is 0 Å². The number of rotatable bonds is 3. The molecule has 106 valence electrons. The third kappa shape index (κ3) is 2.69. The minimum Gasteiger partial charge on any atom is -0.349 e. The molecule has 4 nitrogen and oxygen atoms in total. The van der Waals surface area contributed by atoms with Crippen molar-refractivity contribution in [1.29, 1.82) is 0 Å². The van der Waals surface area contributed by atoms with Crippen LogP contribution in [0.15, 0.2) is 24.5 Å². The molecule has 0 radical (unpaired) electrons. The van der Waals surface area contributed by atoms with Gasteiger partial charge in [0.25, 0.3) is 5.91 Å². The molecule has 1 aromatic carbocycles. The quantitative estimate of drug-likeness (QED) is 0.900. The summed E-state index contributed by atoms with van der Waals surface area (Å²) >= 11 is 0. The van der Waals surface area contributed by atoms with Gasteiger partial charge in [-0.3, -0.25) is 4.79 Å². The maximum atomic E-state index is 12.3. The third-order valence-electron chi connectivity index (χ3n) is 4.38. The lowest BCUT2D eigenvalue weighted by atomic mass is 9.84. The normalized spacial score (nSPS) is 22.9. The summed E-state index contributed by atoms with van der Waals surface area (Å²) in [5, 5.41) is 3.18. The molecule has 1 aromatic heterocycles. The van der Waals surface area contributed by atoms with Crippen molar-refractivity contribution in [2.75, 3.05) is 0 Å². The molecule has 0 spiro atoms. The van der Waals surface area contributed by atoms with E-state index in [1.165, 1.54) is 19.3 Å². The van der Waals surface area contributed by atoms with Gasteiger partial charge in [0.05, 0.1) is 17.4 Å². The van der Waals surface area contributed by atoms with Gasteiger partial charge in [-0.1, -0.05) is 26.2 Å². The topological polar surface area (TPSA) is 57.8 Å². The van der Waals surface area contributed by atoms with E-state index in [1.807, 2.05) is 18.2 Å². The van der Waals surface area contributed by atoms with E-state index < -0.39 is 0 Å². The highest BCUT2D eigenvalue weighted by atomic mass is 16.1. The molecule has 1 aliphatic rings. The van der Waals surface area contributed by atoms with Gasteiger partial charge in [-0.25, -0.2) is 4.98 Å². The Hall–Kier alpha value is -1.84. The van der Waals surface area contributed by atoms with E-state index in [0.717, 1.165) is 29.8 Å². The van der Waals surface area contributed by atoms with Crippen molar-refractivity contribution in [3.05, 3.63) is 30.1 Å². The van der Waals surface area contributed by atoms with Crippen molar-refractivity contribution in [1.82, 2.24) is 15.3 Å². The number of hydrogen-bond donors (Lipinski definition) is 2. The van der Waals surface area contributed by atoms with E-state index in [4.69, 9.17) is 0 Å². The molecule has 2 aromatic rings. The van der Waals surface area contributed by atoms with Crippen molar-refractivity contribution < 1.29 is 4.79 Å². The summed E-state index contributed by atoms with van der Waals surface area (Å²) in [6.45, 7) is 2.24. The second-order valence-corrected chi connectivity index (χ2v) is 5.75. The molecular weight excluding hydrogens is 250 g/mol. The fraction of sp³-hybridized carbons (Fsp3) is 0.500. The number of amides is 1. The fourth-order valence-electron chi connectivity index (χ4n) is 3.14. The Morgan fingerprint density at radius 3 is 3.20 bits per heavy atom. The average Bonchev–Trinajstić information content (AvgIpc) is 2.94. The van der Waals surface area contributed by atoms with Crippen LogP contribution < -0.4 is 5.32 Å². The number of nitrogens with one attached hydrogen (secondary N) is 2. The molecule has 1 heterocycles. The van der Waals surface area contributed by atoms with Crippen LogP contribution >= 0.6 is 0 Å². The number of benzene rings is 1. The highest BCUT2D eigenvalue weighted by Crippen LogP contribution is 2.26. The lowest BCUT2D eigenvalue weighted by Crippen LogP contribution is -2.38. The van der Waals surface area contributed by atoms with Crippen molar-refractivity contribution in [2.45, 2.75) is 45.1 Å². The van der Waals surface area contributed by atoms with Crippen LogP contribution in [-0.4, -0.2) is 21.9 Å². The van der Waals surface area contributed by atoms with Gasteiger partial charge in [0.1, 0.15) is 0 Å². The minimum atomic E-state index is 0.0308. The molecule has 2 N–H and O–H groups in total. The van der Waals surface area contributed by atoms with E-state index >= 15 is 0 Å². The summed E-state index contributed by atoms with van der Waals surface area (Å²) in [6.07, 6.45) is 7.63. The second-order valence-electron chi connectivity index (χ2n) is 5.75. The SMILES string of the molecule is CCC1CCCC(NC(=O)c2ccc3nc[nH]c3c2)C1. The Labute approximate surface area is 119 Å². The van der Waals surface area contributed by atoms with Crippen LogP contribution in [0.4, 0.5) is 0 Å². The molecule has 20 heavy (non-hydrogen) atoms. The maximum Gasteiger partial charge on any atom is 0.251 e. The number of aromatic amines is 1. The lowest BCUT2D eigenvalue weighted by molar-refractivity contribution is 0.0919. The predicted octanol–water partition coefficient (Wildman–Crippen LogP) is 3.26. The first kappa shape index (κ1) is 13.2. The molecule has 2 atom stereocenters. The van der Waals surface area contributed by atoms with Gasteiger partial charge in [-0.15, -0.1) is 0 Å². The van der Waals surface area contributed by atoms with Gasteiger partial charge < -0.3 is 10.3 Å². The standard InChI is InChI=1S/C16H21N3O/c1-2-11-4-3-5-13(8-11)19-16(20)12-6-7-14-15(9-12)18-10-17-14/h6-7,9-11,13H,2-5,8H2,1H3,(H,17,18)(H,19,20). The highest BCUT2D eigenvalue weighted by Gasteiger charge is 2.22. The summed E-state index contributed by atoms with van der Waals surface area (Å²) in [5.74, 6) is 0.799. The number of fused-ring (bicyclic) bond motifs is 1. The van der Waals surface area contributed by atoms with E-state index in [1.54, 1.807) is 6.33 Å². The molecule has 1 aliphatic carbocycles. The first-order valence-electron chi connectivity index (χ1n) is 7.50. The number of H-pyrrole nitrogens is 1. The Morgan fingerprint density at radius 1 is 1.45 bits per heavy atom. The van der Waals surface area contributed by atoms with Crippen LogP contribution in [0, 0.1) is 5.92 Å². The molecule has 0 aliphatic heterocycles. The molecule has 1 saturated carbocycles. The zero-order chi connectivity index (χ0) is 13.9. The Balaban J connectivity index is 1.69. The number of nitrogens with zero attached hydrogens (tertiary/aromatic N) is 1. The first-order valence-corrected chi connectivity index (χ1v) is 7.50. The maximum absolute atomic E-state index is 12.3. The first-order chi connectivity index (χ1) is 9.76. The Kier molecular flexibility index (Phi) is 3.72. The number of carbonyl (C=O) groups excluding carboxylic acids is 1. The van der Waals surface area contributed by atoms with Crippen LogP contribution in [0.25, 0.3) is 11.0 Å². The largest absolute Gasteiger partial charge is 0.349 e. The molecule has 2 unspecified atom stereocenters. The molecule has 1 fully saturated rings. The van der Waals surface area contributed by atoms with Gasteiger partial charge in [0.2, 0.25) is 0 Å². The zero-order valence-corrected chi connectivity index (χ0v) is 11.9. The molecular formula is C16H21N3O. The van der Waals surface area contributed by atoms with Gasteiger partial charge in [0.15, 0.2) is 0 Å². The molecule has 3 rings (SSSR count). The second kappa shape index (κ2) is 5.65. The minimum absolute atomic E-state index is 0.0308. The van der Waals surface area contributed by atoms with E-state index in [2.05, 4.69) is 22.2 Å². The third-order valence-corrected chi connectivity index (χ3v) is 4.38. The summed E-state index contributed by atoms with van der Waals surface area (Å²) in [4.78, 5) is 19.5. The molecule has 4 heteroatoms. The highest BCUT2D eigenvalue weighted by molar-refractivity contribution is 5.97. The molecule has 0 bridgehead atoms. The smallest absolute Gasteiger partial charge is 0.251 e. The van der Waals surface area contributed by atoms with E-state index in [0.29, 0.717) is 11.6 Å². The van der Waals surface area contributed by atoms with Crippen molar-refractivity contribution in [2.24, 2.45) is 5.92 Å².